The molecule has 0 aromatic carbocycles. The van der Waals surface area contributed by atoms with Crippen LogP contribution in [0.5, 0.6) is 0 Å². The Kier molecular flexibility index (Phi) is 26.4. The standard InChI is InChI=1S/C6H12N2.6H2O/c1-2-8-5-3-7(1)4-6-8;;;;;;/h1-6H2;6*1H2. The highest BCUT2D eigenvalue weighted by Crippen LogP contribution is 2.06. The molecule has 12 N–H and O–H groups in total. The van der Waals surface area contributed by atoms with Crippen molar-refractivity contribution in [2.75, 3.05) is 39.3 Å². The van der Waals surface area contributed by atoms with Gasteiger partial charge >= 0.3 is 0 Å². The minimum absolute atomic E-state index is 0. The Bertz CT molecular complexity index is 75.3. The van der Waals surface area contributed by atoms with Gasteiger partial charge in [0.25, 0.3) is 0 Å². The maximum absolute atomic E-state index is 2.54. The largest absolute Gasteiger partial charge is 0.412 e. The van der Waals surface area contributed by atoms with E-state index in [1.54, 1.807) is 0 Å². The van der Waals surface area contributed by atoms with Crippen LogP contribution in [0.2, 0.25) is 0 Å². The van der Waals surface area contributed by atoms with Crippen LogP contribution < -0.4 is 0 Å². The molecule has 3 saturated heterocycles. The molecule has 0 unspecified atom stereocenters. The van der Waals surface area contributed by atoms with Gasteiger partial charge in [-0.15, -0.1) is 0 Å². The molecule has 8 heteroatoms. The van der Waals surface area contributed by atoms with E-state index in [1.807, 2.05) is 0 Å². The molecule has 0 atom stereocenters. The summed E-state index contributed by atoms with van der Waals surface area (Å²) in [6.07, 6.45) is 0. The number of piperazine rings is 3. The van der Waals surface area contributed by atoms with Gasteiger partial charge in [0, 0.05) is 39.3 Å². The summed E-state index contributed by atoms with van der Waals surface area (Å²) >= 11 is 0. The lowest BCUT2D eigenvalue weighted by atomic mass is 10.2. The van der Waals surface area contributed by atoms with Crippen LogP contribution in [0.15, 0.2) is 0 Å². The van der Waals surface area contributed by atoms with E-state index in [1.165, 1.54) is 39.3 Å². The van der Waals surface area contributed by atoms with Gasteiger partial charge < -0.3 is 32.9 Å². The molecule has 0 radical (unpaired) electrons. The number of hydrogen-bond donors (Lipinski definition) is 0. The van der Waals surface area contributed by atoms with Gasteiger partial charge in [0.15, 0.2) is 0 Å². The molecule has 3 fully saturated rings. The van der Waals surface area contributed by atoms with Crippen LogP contribution >= 0.6 is 0 Å². The lowest BCUT2D eigenvalue weighted by molar-refractivity contribution is 0.0647. The minimum Gasteiger partial charge on any atom is -0.412 e. The fourth-order valence-corrected chi connectivity index (χ4v) is 1.52. The second kappa shape index (κ2) is 12.7. The van der Waals surface area contributed by atoms with Gasteiger partial charge in [-0.1, -0.05) is 0 Å². The monoisotopic (exact) mass is 220 g/mol. The molecule has 0 aromatic rings. The first kappa shape index (κ1) is 29.2. The van der Waals surface area contributed by atoms with Gasteiger partial charge in [-0.3, -0.25) is 9.80 Å². The quantitative estimate of drug-likeness (QED) is 0.393. The molecule has 8 nitrogen and oxygen atoms in total. The van der Waals surface area contributed by atoms with Crippen LogP contribution in [-0.4, -0.2) is 81.9 Å². The second-order valence-corrected chi connectivity index (χ2v) is 2.68. The van der Waals surface area contributed by atoms with Crippen LogP contribution in [0, 0.1) is 0 Å². The molecule has 94 valence electrons. The molecule has 0 aliphatic carbocycles. The van der Waals surface area contributed by atoms with Gasteiger partial charge in [0.1, 0.15) is 0 Å². The third kappa shape index (κ3) is 6.18. The van der Waals surface area contributed by atoms with Gasteiger partial charge in [-0.25, -0.2) is 0 Å². The smallest absolute Gasteiger partial charge is 0.0110 e. The minimum atomic E-state index is 0. The van der Waals surface area contributed by atoms with Crippen LogP contribution in [0.25, 0.3) is 0 Å². The zero-order valence-electron chi connectivity index (χ0n) is 8.14. The van der Waals surface area contributed by atoms with E-state index >= 15 is 0 Å². The Labute approximate surface area is 83.0 Å². The second-order valence-electron chi connectivity index (χ2n) is 2.68. The van der Waals surface area contributed by atoms with Crippen LogP contribution in [0.4, 0.5) is 0 Å². The summed E-state index contributed by atoms with van der Waals surface area (Å²) in [5, 5.41) is 0. The topological polar surface area (TPSA) is 195 Å². The molecule has 14 heavy (non-hydrogen) atoms. The molecule has 3 rings (SSSR count). The average molecular weight is 220 g/mol. The molecule has 0 amide bonds. The van der Waals surface area contributed by atoms with Gasteiger partial charge in [-0.05, 0) is 0 Å². The summed E-state index contributed by atoms with van der Waals surface area (Å²) < 4.78 is 0. The zero-order valence-corrected chi connectivity index (χ0v) is 8.14. The van der Waals surface area contributed by atoms with Crippen molar-refractivity contribution in [3.05, 3.63) is 0 Å². The molecule has 2 bridgehead atoms. The fourth-order valence-electron chi connectivity index (χ4n) is 1.52. The summed E-state index contributed by atoms with van der Waals surface area (Å²) in [5.74, 6) is 0. The van der Waals surface area contributed by atoms with Crippen molar-refractivity contribution in [1.82, 2.24) is 9.80 Å². The molecule has 0 saturated carbocycles. The molecule has 3 aliphatic rings. The Hall–Kier alpha value is -0.320. The van der Waals surface area contributed by atoms with Gasteiger partial charge in [-0.2, -0.15) is 0 Å². The lowest BCUT2D eigenvalue weighted by Crippen LogP contribution is -2.55. The normalized spacial score (nSPS) is 25.7. The third-order valence-corrected chi connectivity index (χ3v) is 2.20. The Balaban J connectivity index is -0.0000000450. The van der Waals surface area contributed by atoms with Crippen molar-refractivity contribution in [1.29, 1.82) is 0 Å². The molecular formula is C6H24N2O6. The predicted molar refractivity (Wildman–Crippen MR) is 54.6 cm³/mol. The van der Waals surface area contributed by atoms with E-state index in [0.717, 1.165) is 0 Å². The van der Waals surface area contributed by atoms with Gasteiger partial charge in [0.2, 0.25) is 0 Å². The van der Waals surface area contributed by atoms with Crippen molar-refractivity contribution in [2.45, 2.75) is 0 Å². The maximum atomic E-state index is 2.54. The molecule has 3 heterocycles. The number of hydrogen-bond acceptors (Lipinski definition) is 2. The van der Waals surface area contributed by atoms with Crippen molar-refractivity contribution >= 4 is 0 Å². The average Bonchev–Trinajstić information content (AvgIpc) is 1.92. The van der Waals surface area contributed by atoms with Crippen molar-refractivity contribution in [3.63, 3.8) is 0 Å². The van der Waals surface area contributed by atoms with E-state index in [2.05, 4.69) is 9.80 Å². The highest BCUT2D eigenvalue weighted by Gasteiger charge is 2.21. The summed E-state index contributed by atoms with van der Waals surface area (Å²) in [6, 6.07) is 0. The summed E-state index contributed by atoms with van der Waals surface area (Å²) in [5.41, 5.74) is 0. The third-order valence-electron chi connectivity index (χ3n) is 2.20. The lowest BCUT2D eigenvalue weighted by Gasteiger charge is -2.41. The number of nitrogens with zero attached hydrogens (tertiary/aromatic N) is 2. The molecule has 0 spiro atoms. The van der Waals surface area contributed by atoms with Gasteiger partial charge in [0.05, 0.1) is 0 Å². The van der Waals surface area contributed by atoms with Crippen LogP contribution in [0.1, 0.15) is 0 Å². The Morgan fingerprint density at radius 2 is 0.500 bits per heavy atom. The zero-order chi connectivity index (χ0) is 5.40. The first-order chi connectivity index (χ1) is 3.95. The van der Waals surface area contributed by atoms with Crippen molar-refractivity contribution in [3.8, 4) is 0 Å². The fraction of sp³-hybridized carbons (Fsp3) is 1.00. The van der Waals surface area contributed by atoms with Crippen LogP contribution in [0.3, 0.4) is 0 Å². The molecular weight excluding hydrogens is 196 g/mol. The van der Waals surface area contributed by atoms with E-state index in [4.69, 9.17) is 0 Å². The van der Waals surface area contributed by atoms with Crippen LogP contribution in [-0.2, 0) is 0 Å². The molecule has 0 aromatic heterocycles. The first-order valence-corrected chi connectivity index (χ1v) is 3.40. The summed E-state index contributed by atoms with van der Waals surface area (Å²) in [6.45, 7) is 7.92. The summed E-state index contributed by atoms with van der Waals surface area (Å²) in [4.78, 5) is 5.08. The SMILES string of the molecule is C1CN2CCN1CC2.O.O.O.O.O.O. The highest BCUT2D eigenvalue weighted by molar-refractivity contribution is 4.78. The van der Waals surface area contributed by atoms with Crippen molar-refractivity contribution in [2.24, 2.45) is 0 Å². The molecule has 3 aliphatic heterocycles. The number of rotatable bonds is 0. The van der Waals surface area contributed by atoms with E-state index in [-0.39, 0.29) is 32.9 Å². The summed E-state index contributed by atoms with van der Waals surface area (Å²) in [7, 11) is 0. The first-order valence-electron chi connectivity index (χ1n) is 3.40. The predicted octanol–water partition coefficient (Wildman–Crippen LogP) is -5.33. The van der Waals surface area contributed by atoms with Crippen molar-refractivity contribution < 1.29 is 32.9 Å². The Morgan fingerprint density at radius 1 is 0.357 bits per heavy atom. The van der Waals surface area contributed by atoms with E-state index in [0.29, 0.717) is 0 Å². The Morgan fingerprint density at radius 3 is 0.571 bits per heavy atom. The number of fused-ring (bicyclic) bond motifs is 3. The highest BCUT2D eigenvalue weighted by atomic mass is 16.0. The van der Waals surface area contributed by atoms with E-state index < -0.39 is 0 Å². The van der Waals surface area contributed by atoms with E-state index in [9.17, 15) is 0 Å². The maximum Gasteiger partial charge on any atom is 0.0110 e.